The molecule has 0 bridgehead atoms. The van der Waals surface area contributed by atoms with E-state index in [9.17, 15) is 9.59 Å². The fourth-order valence-electron chi connectivity index (χ4n) is 4.17. The molecule has 9 nitrogen and oxygen atoms in total. The van der Waals surface area contributed by atoms with Gasteiger partial charge in [-0.25, -0.2) is 4.79 Å². The predicted octanol–water partition coefficient (Wildman–Crippen LogP) is 2.92. The number of nitrogens with one attached hydrogen (secondary N) is 2. The Morgan fingerprint density at radius 2 is 1.62 bits per heavy atom. The van der Waals surface area contributed by atoms with Crippen LogP contribution < -0.4 is 10.6 Å². The molecule has 1 fully saturated rings. The van der Waals surface area contributed by atoms with E-state index in [2.05, 4.69) is 37.5 Å². The molecule has 0 spiro atoms. The van der Waals surface area contributed by atoms with Crippen molar-refractivity contribution < 1.29 is 14.1 Å². The number of hydrogen-bond donors (Lipinski definition) is 2. The summed E-state index contributed by atoms with van der Waals surface area (Å²) in [7, 11) is 1.49. The van der Waals surface area contributed by atoms with Gasteiger partial charge in [-0.3, -0.25) is 19.9 Å². The fraction of sp³-hybridized carbons (Fsp3) is 0.360. The van der Waals surface area contributed by atoms with E-state index in [1.807, 2.05) is 61.5 Å². The molecule has 178 valence electrons. The van der Waals surface area contributed by atoms with Crippen molar-refractivity contribution in [3.05, 3.63) is 71.6 Å². The first-order chi connectivity index (χ1) is 16.5. The number of imide groups is 1. The molecule has 2 heterocycles. The Morgan fingerprint density at radius 3 is 2.26 bits per heavy atom. The molecule has 2 N–H and O–H groups in total. The lowest BCUT2D eigenvalue weighted by Gasteiger charge is -2.40. The molecule has 3 amide bonds. The molecule has 0 radical (unpaired) electrons. The first-order valence-corrected chi connectivity index (χ1v) is 11.4. The highest BCUT2D eigenvalue weighted by atomic mass is 16.5. The molecule has 1 aliphatic heterocycles. The molecule has 2 unspecified atom stereocenters. The number of carbonyl (C=O) groups is 2. The molecule has 1 aromatic heterocycles. The second-order valence-electron chi connectivity index (χ2n) is 8.45. The second-order valence-corrected chi connectivity index (χ2v) is 8.45. The topological polar surface area (TPSA) is 104 Å². The van der Waals surface area contributed by atoms with Crippen LogP contribution in [0.25, 0.3) is 11.4 Å². The molecule has 3 aromatic rings. The van der Waals surface area contributed by atoms with Crippen molar-refractivity contribution in [1.82, 2.24) is 30.6 Å². The maximum absolute atomic E-state index is 12.9. The van der Waals surface area contributed by atoms with E-state index in [0.717, 1.165) is 24.2 Å². The van der Waals surface area contributed by atoms with Crippen LogP contribution in [-0.4, -0.2) is 65.1 Å². The van der Waals surface area contributed by atoms with E-state index in [0.29, 0.717) is 24.8 Å². The minimum Gasteiger partial charge on any atom is -0.341 e. The van der Waals surface area contributed by atoms with Gasteiger partial charge >= 0.3 is 6.03 Å². The summed E-state index contributed by atoms with van der Waals surface area (Å²) in [4.78, 5) is 33.7. The van der Waals surface area contributed by atoms with Gasteiger partial charge in [0.15, 0.2) is 0 Å². The molecule has 34 heavy (non-hydrogen) atoms. The maximum atomic E-state index is 12.9. The predicted molar refractivity (Wildman–Crippen MR) is 128 cm³/mol. The molecule has 1 saturated heterocycles. The van der Waals surface area contributed by atoms with E-state index in [1.165, 1.54) is 12.6 Å². The lowest BCUT2D eigenvalue weighted by molar-refractivity contribution is -0.126. The zero-order valence-corrected chi connectivity index (χ0v) is 19.7. The summed E-state index contributed by atoms with van der Waals surface area (Å²) in [6, 6.07) is 16.4. The zero-order valence-electron chi connectivity index (χ0n) is 19.7. The second kappa shape index (κ2) is 10.6. The van der Waals surface area contributed by atoms with E-state index >= 15 is 0 Å². The minimum atomic E-state index is -0.549. The molecule has 2 atom stereocenters. The smallest absolute Gasteiger partial charge is 0.321 e. The number of aryl methyl sites for hydroxylation is 1. The van der Waals surface area contributed by atoms with Crippen molar-refractivity contribution in [2.75, 3.05) is 33.2 Å². The minimum absolute atomic E-state index is 0.0521. The van der Waals surface area contributed by atoms with Gasteiger partial charge in [-0.2, -0.15) is 4.98 Å². The number of hydrogen-bond acceptors (Lipinski definition) is 7. The Hall–Kier alpha value is -3.56. The van der Waals surface area contributed by atoms with Crippen LogP contribution in [-0.2, 0) is 4.79 Å². The Balaban J connectivity index is 1.43. The summed E-state index contributed by atoms with van der Waals surface area (Å²) in [5, 5.41) is 9.03. The van der Waals surface area contributed by atoms with Crippen LogP contribution in [0, 0.1) is 6.92 Å². The van der Waals surface area contributed by atoms with Gasteiger partial charge < -0.3 is 9.84 Å². The Morgan fingerprint density at radius 1 is 0.971 bits per heavy atom. The number of aromatic nitrogens is 2. The molecule has 0 saturated carbocycles. The van der Waals surface area contributed by atoms with Crippen LogP contribution in [0.2, 0.25) is 0 Å². The summed E-state index contributed by atoms with van der Waals surface area (Å²) in [5.74, 6) is 0.809. The third-order valence-corrected chi connectivity index (χ3v) is 6.20. The molecule has 2 aromatic carbocycles. The highest BCUT2D eigenvalue weighted by Gasteiger charge is 2.33. The van der Waals surface area contributed by atoms with Crippen LogP contribution in [0.1, 0.15) is 36.0 Å². The quantitative estimate of drug-likeness (QED) is 0.580. The van der Waals surface area contributed by atoms with Crippen molar-refractivity contribution in [2.45, 2.75) is 25.9 Å². The van der Waals surface area contributed by atoms with Crippen molar-refractivity contribution in [1.29, 1.82) is 0 Å². The molecular formula is C25H30N6O3. The van der Waals surface area contributed by atoms with Gasteiger partial charge in [-0.05, 0) is 19.4 Å². The van der Waals surface area contributed by atoms with Crippen molar-refractivity contribution in [3.63, 3.8) is 0 Å². The van der Waals surface area contributed by atoms with Gasteiger partial charge in [-0.1, -0.05) is 65.3 Å². The van der Waals surface area contributed by atoms with Gasteiger partial charge in [-0.15, -0.1) is 0 Å². The number of benzene rings is 2. The first kappa shape index (κ1) is 23.6. The van der Waals surface area contributed by atoms with Crippen LogP contribution in [0.15, 0.2) is 59.1 Å². The number of rotatable bonds is 6. The van der Waals surface area contributed by atoms with Crippen LogP contribution in [0.5, 0.6) is 0 Å². The molecule has 0 aliphatic carbocycles. The Labute approximate surface area is 199 Å². The highest BCUT2D eigenvalue weighted by molar-refractivity contribution is 5.97. The van der Waals surface area contributed by atoms with E-state index in [4.69, 9.17) is 4.52 Å². The van der Waals surface area contributed by atoms with Gasteiger partial charge in [0.1, 0.15) is 6.04 Å². The van der Waals surface area contributed by atoms with E-state index < -0.39 is 12.1 Å². The van der Waals surface area contributed by atoms with Crippen LogP contribution in [0.3, 0.4) is 0 Å². The summed E-state index contributed by atoms with van der Waals surface area (Å²) < 4.78 is 5.58. The number of piperazine rings is 1. The van der Waals surface area contributed by atoms with E-state index in [1.54, 1.807) is 0 Å². The van der Waals surface area contributed by atoms with Gasteiger partial charge in [0.25, 0.3) is 0 Å². The Bertz CT molecular complexity index is 1110. The average molecular weight is 463 g/mol. The lowest BCUT2D eigenvalue weighted by atomic mass is 10.0. The first-order valence-electron chi connectivity index (χ1n) is 11.4. The van der Waals surface area contributed by atoms with Gasteiger partial charge in [0, 0.05) is 38.8 Å². The fourth-order valence-corrected chi connectivity index (χ4v) is 4.17. The van der Waals surface area contributed by atoms with Gasteiger partial charge in [0.2, 0.25) is 17.6 Å². The van der Waals surface area contributed by atoms with Crippen molar-refractivity contribution in [2.24, 2.45) is 0 Å². The largest absolute Gasteiger partial charge is 0.341 e. The monoisotopic (exact) mass is 462 g/mol. The lowest BCUT2D eigenvalue weighted by Crippen LogP contribution is -2.52. The third-order valence-electron chi connectivity index (χ3n) is 6.20. The maximum Gasteiger partial charge on any atom is 0.321 e. The van der Waals surface area contributed by atoms with Crippen molar-refractivity contribution in [3.8, 4) is 11.4 Å². The summed E-state index contributed by atoms with van der Waals surface area (Å²) in [6.45, 7) is 6.85. The number of carbonyl (C=O) groups excluding carboxylic acids is 2. The van der Waals surface area contributed by atoms with Gasteiger partial charge in [0.05, 0.1) is 6.04 Å². The SMILES string of the molecule is CNC(=O)NC(=O)C(c1ccccc1)N1CCN(C(C)c2nc(-c3ccc(C)cc3)no2)CC1. The number of amides is 3. The average Bonchev–Trinajstić information content (AvgIpc) is 3.35. The summed E-state index contributed by atoms with van der Waals surface area (Å²) >= 11 is 0. The van der Waals surface area contributed by atoms with Crippen molar-refractivity contribution >= 4 is 11.9 Å². The van der Waals surface area contributed by atoms with Crippen LogP contribution in [0.4, 0.5) is 4.79 Å². The molecular weight excluding hydrogens is 432 g/mol. The Kier molecular flexibility index (Phi) is 7.34. The summed E-state index contributed by atoms with van der Waals surface area (Å²) in [5.41, 5.74) is 2.95. The molecule has 9 heteroatoms. The third kappa shape index (κ3) is 5.32. The van der Waals surface area contributed by atoms with E-state index in [-0.39, 0.29) is 11.9 Å². The highest BCUT2D eigenvalue weighted by Crippen LogP contribution is 2.27. The number of nitrogens with zero attached hydrogens (tertiary/aromatic N) is 4. The zero-order chi connectivity index (χ0) is 24.1. The van der Waals surface area contributed by atoms with Crippen LogP contribution >= 0.6 is 0 Å². The molecule has 4 rings (SSSR count). The molecule has 1 aliphatic rings. The normalized spacial score (nSPS) is 16.6. The standard InChI is InChI=1S/C25H30N6O3/c1-17-9-11-20(12-10-17)22-27-24(34-29-22)18(2)30-13-15-31(16-14-30)21(19-7-5-4-6-8-19)23(32)28-25(33)26-3/h4-12,18,21H,13-16H2,1-3H3,(H2,26,28,32,33). The summed E-state index contributed by atoms with van der Waals surface area (Å²) in [6.07, 6.45) is 0. The number of urea groups is 1.